The Bertz CT molecular complexity index is 707. The van der Waals surface area contributed by atoms with Crippen LogP contribution >= 0.6 is 0 Å². The summed E-state index contributed by atoms with van der Waals surface area (Å²) in [5, 5.41) is 2.18. The first kappa shape index (κ1) is 13.6. The molecule has 0 saturated carbocycles. The van der Waals surface area contributed by atoms with Gasteiger partial charge in [0.25, 0.3) is 5.91 Å². The molecule has 0 saturated heterocycles. The minimum atomic E-state index is -0.517. The smallest absolute Gasteiger partial charge is 0.309 e. The summed E-state index contributed by atoms with van der Waals surface area (Å²) in [5.41, 5.74) is 1.42. The van der Waals surface area contributed by atoms with Gasteiger partial charge in [-0.05, 0) is 19.1 Å². The largest absolute Gasteiger partial charge is 0.466 e. The van der Waals surface area contributed by atoms with Crippen molar-refractivity contribution in [2.24, 2.45) is 0 Å². The zero-order chi connectivity index (χ0) is 15.0. The summed E-state index contributed by atoms with van der Waals surface area (Å²) < 4.78 is 6.82. The normalized spacial score (nSPS) is 17.3. The Morgan fingerprint density at radius 1 is 1.33 bits per heavy atom. The number of para-hydroxylation sites is 1. The predicted molar refractivity (Wildman–Crippen MR) is 75.4 cm³/mol. The molecule has 0 aliphatic carbocycles. The summed E-state index contributed by atoms with van der Waals surface area (Å²) in [6.07, 6.45) is -0.463. The fourth-order valence-electron chi connectivity index (χ4n) is 2.76. The van der Waals surface area contributed by atoms with Crippen LogP contribution in [0.1, 0.15) is 30.0 Å². The van der Waals surface area contributed by atoms with E-state index in [4.69, 9.17) is 9.57 Å². The second-order valence-corrected chi connectivity index (χ2v) is 4.76. The lowest BCUT2D eigenvalue weighted by Gasteiger charge is -2.22. The molecule has 0 spiro atoms. The zero-order valence-electron chi connectivity index (χ0n) is 11.9. The van der Waals surface area contributed by atoms with Crippen molar-refractivity contribution >= 4 is 22.8 Å². The van der Waals surface area contributed by atoms with Crippen LogP contribution in [-0.2, 0) is 14.4 Å². The van der Waals surface area contributed by atoms with E-state index in [0.29, 0.717) is 12.3 Å². The molecule has 0 radical (unpaired) electrons. The molecule has 2 aromatic rings. The van der Waals surface area contributed by atoms with Crippen molar-refractivity contribution in [1.29, 1.82) is 0 Å². The van der Waals surface area contributed by atoms with Gasteiger partial charge >= 0.3 is 5.97 Å². The average molecular weight is 288 g/mol. The van der Waals surface area contributed by atoms with Gasteiger partial charge < -0.3 is 9.30 Å². The minimum absolute atomic E-state index is 0.0547. The van der Waals surface area contributed by atoms with Crippen LogP contribution < -0.4 is 0 Å². The molecule has 2 heterocycles. The number of amides is 1. The Morgan fingerprint density at radius 3 is 2.81 bits per heavy atom. The Hall–Kier alpha value is -2.34. The second kappa shape index (κ2) is 5.21. The van der Waals surface area contributed by atoms with Crippen molar-refractivity contribution in [2.75, 3.05) is 13.7 Å². The van der Waals surface area contributed by atoms with E-state index in [1.54, 1.807) is 6.92 Å². The SMILES string of the molecule is CCOC(=O)CC1N(OC)C(=O)c2cc3ccccc3n21. The molecule has 1 amide bonds. The molecule has 1 unspecified atom stereocenters. The lowest BCUT2D eigenvalue weighted by atomic mass is 10.2. The van der Waals surface area contributed by atoms with E-state index in [0.717, 1.165) is 10.9 Å². The lowest BCUT2D eigenvalue weighted by Crippen LogP contribution is -2.30. The topological polar surface area (TPSA) is 60.8 Å². The molecule has 6 nitrogen and oxygen atoms in total. The molecule has 6 heteroatoms. The van der Waals surface area contributed by atoms with Gasteiger partial charge in [0.2, 0.25) is 0 Å². The number of rotatable bonds is 4. The number of ether oxygens (including phenoxy) is 1. The monoisotopic (exact) mass is 288 g/mol. The maximum Gasteiger partial charge on any atom is 0.309 e. The summed E-state index contributed by atoms with van der Waals surface area (Å²) in [4.78, 5) is 29.3. The fraction of sp³-hybridized carbons (Fsp3) is 0.333. The van der Waals surface area contributed by atoms with Crippen LogP contribution in [0.15, 0.2) is 30.3 Å². The van der Waals surface area contributed by atoms with Crippen LogP contribution in [-0.4, -0.2) is 35.2 Å². The minimum Gasteiger partial charge on any atom is -0.466 e. The first-order chi connectivity index (χ1) is 10.2. The van der Waals surface area contributed by atoms with Gasteiger partial charge in [-0.1, -0.05) is 18.2 Å². The number of esters is 1. The van der Waals surface area contributed by atoms with Gasteiger partial charge in [0.15, 0.2) is 0 Å². The molecule has 0 N–H and O–H groups in total. The standard InChI is InChI=1S/C15H16N2O4/c1-3-21-14(18)9-13-16-11-7-5-4-6-10(11)8-12(16)15(19)17(13)20-2/h4-8,13H,3,9H2,1-2H3. The Morgan fingerprint density at radius 2 is 2.10 bits per heavy atom. The maximum absolute atomic E-state index is 12.4. The van der Waals surface area contributed by atoms with E-state index in [1.807, 2.05) is 34.9 Å². The van der Waals surface area contributed by atoms with Crippen LogP contribution in [0.4, 0.5) is 0 Å². The van der Waals surface area contributed by atoms with Gasteiger partial charge in [-0.3, -0.25) is 14.4 Å². The Balaban J connectivity index is 2.06. The number of benzene rings is 1. The lowest BCUT2D eigenvalue weighted by molar-refractivity contribution is -0.157. The van der Waals surface area contributed by atoms with Crippen LogP contribution in [0.2, 0.25) is 0 Å². The van der Waals surface area contributed by atoms with Crippen LogP contribution in [0.25, 0.3) is 10.9 Å². The van der Waals surface area contributed by atoms with E-state index >= 15 is 0 Å². The number of nitrogens with zero attached hydrogens (tertiary/aromatic N) is 2. The summed E-state index contributed by atoms with van der Waals surface area (Å²) >= 11 is 0. The summed E-state index contributed by atoms with van der Waals surface area (Å²) in [6, 6.07) is 9.48. The summed E-state index contributed by atoms with van der Waals surface area (Å²) in [5.74, 6) is -0.606. The molecule has 1 aromatic heterocycles. The second-order valence-electron chi connectivity index (χ2n) is 4.76. The van der Waals surface area contributed by atoms with Crippen LogP contribution in [0, 0.1) is 0 Å². The van der Waals surface area contributed by atoms with Crippen LogP contribution in [0.5, 0.6) is 0 Å². The van der Waals surface area contributed by atoms with Crippen molar-refractivity contribution in [3.63, 3.8) is 0 Å². The van der Waals surface area contributed by atoms with Crippen molar-refractivity contribution in [2.45, 2.75) is 19.5 Å². The van der Waals surface area contributed by atoms with E-state index in [-0.39, 0.29) is 18.3 Å². The zero-order valence-corrected chi connectivity index (χ0v) is 11.9. The number of carbonyl (C=O) groups is 2. The van der Waals surface area contributed by atoms with Gasteiger partial charge in [-0.2, -0.15) is 5.06 Å². The molecule has 1 atom stereocenters. The van der Waals surface area contributed by atoms with Gasteiger partial charge in [0, 0.05) is 5.39 Å². The fourth-order valence-corrected chi connectivity index (χ4v) is 2.76. The van der Waals surface area contributed by atoms with Gasteiger partial charge in [-0.15, -0.1) is 0 Å². The summed E-state index contributed by atoms with van der Waals surface area (Å²) in [7, 11) is 1.42. The number of hydrogen-bond acceptors (Lipinski definition) is 4. The highest BCUT2D eigenvalue weighted by Crippen LogP contribution is 2.35. The number of hydroxylamine groups is 2. The third kappa shape index (κ3) is 2.08. The third-order valence-electron chi connectivity index (χ3n) is 3.59. The Labute approximate surface area is 121 Å². The predicted octanol–water partition coefficient (Wildman–Crippen LogP) is 2.11. The number of hydrogen-bond donors (Lipinski definition) is 0. The molecule has 1 aliphatic rings. The Kier molecular flexibility index (Phi) is 3.39. The first-order valence-corrected chi connectivity index (χ1v) is 6.80. The summed E-state index contributed by atoms with van der Waals surface area (Å²) in [6.45, 7) is 2.06. The van der Waals surface area contributed by atoms with Gasteiger partial charge in [0.1, 0.15) is 11.9 Å². The first-order valence-electron chi connectivity index (χ1n) is 6.80. The molecule has 0 fully saturated rings. The highest BCUT2D eigenvalue weighted by molar-refractivity contribution is 6.00. The van der Waals surface area contributed by atoms with E-state index in [2.05, 4.69) is 0 Å². The molecule has 0 bridgehead atoms. The molecular formula is C15H16N2O4. The molecule has 1 aliphatic heterocycles. The van der Waals surface area contributed by atoms with Crippen molar-refractivity contribution < 1.29 is 19.2 Å². The average Bonchev–Trinajstić information content (AvgIpc) is 2.96. The quantitative estimate of drug-likeness (QED) is 0.808. The van der Waals surface area contributed by atoms with E-state index < -0.39 is 6.17 Å². The van der Waals surface area contributed by atoms with Gasteiger partial charge in [-0.25, -0.2) is 0 Å². The number of aromatic nitrogens is 1. The van der Waals surface area contributed by atoms with E-state index in [1.165, 1.54) is 12.2 Å². The molecule has 1 aromatic carbocycles. The van der Waals surface area contributed by atoms with Crippen molar-refractivity contribution in [3.05, 3.63) is 36.0 Å². The highest BCUT2D eigenvalue weighted by Gasteiger charge is 2.40. The molecular weight excluding hydrogens is 272 g/mol. The van der Waals surface area contributed by atoms with Crippen molar-refractivity contribution in [1.82, 2.24) is 9.63 Å². The maximum atomic E-state index is 12.4. The van der Waals surface area contributed by atoms with Gasteiger partial charge in [0.05, 0.1) is 25.7 Å². The third-order valence-corrected chi connectivity index (χ3v) is 3.59. The molecule has 110 valence electrons. The number of fused-ring (bicyclic) bond motifs is 3. The molecule has 21 heavy (non-hydrogen) atoms. The van der Waals surface area contributed by atoms with E-state index in [9.17, 15) is 9.59 Å². The van der Waals surface area contributed by atoms with Crippen molar-refractivity contribution in [3.8, 4) is 0 Å². The molecule has 3 rings (SSSR count). The number of carbonyl (C=O) groups excluding carboxylic acids is 2. The van der Waals surface area contributed by atoms with Crippen LogP contribution in [0.3, 0.4) is 0 Å². The highest BCUT2D eigenvalue weighted by atomic mass is 16.7.